The Bertz CT molecular complexity index is 410. The second kappa shape index (κ2) is 14.9. The molecule has 0 aliphatic carbocycles. The molecule has 0 spiro atoms. The molecule has 1 N–H and O–H groups in total. The van der Waals surface area contributed by atoms with E-state index in [4.69, 9.17) is 4.55 Å². The average Bonchev–Trinajstić information content (AvgIpc) is 2.46. The van der Waals surface area contributed by atoms with Gasteiger partial charge in [-0.1, -0.05) is 96.3 Å². The average molecular weight is 345 g/mol. The Morgan fingerprint density at radius 2 is 1.30 bits per heavy atom. The van der Waals surface area contributed by atoms with E-state index in [-0.39, 0.29) is 5.75 Å². The molecule has 0 aliphatic heterocycles. The molecule has 3 nitrogen and oxygen atoms in total. The third kappa shape index (κ3) is 19.3. The van der Waals surface area contributed by atoms with Gasteiger partial charge in [-0.05, 0) is 18.4 Å². The highest BCUT2D eigenvalue weighted by molar-refractivity contribution is 7.86. The van der Waals surface area contributed by atoms with Crippen molar-refractivity contribution in [2.75, 3.05) is 5.75 Å². The maximum atomic E-state index is 10.7. The number of rotatable bonds is 16. The summed E-state index contributed by atoms with van der Waals surface area (Å²) in [5, 5.41) is 0. The Morgan fingerprint density at radius 1 is 0.870 bits per heavy atom. The van der Waals surface area contributed by atoms with Crippen molar-refractivity contribution in [2.45, 2.75) is 90.4 Å². The summed E-state index contributed by atoms with van der Waals surface area (Å²) < 4.78 is 30.0. The van der Waals surface area contributed by atoms with E-state index in [1.54, 1.807) is 6.08 Å². The maximum absolute atomic E-state index is 10.7. The predicted octanol–water partition coefficient (Wildman–Crippen LogP) is 6.08. The molecule has 0 aromatic rings. The lowest BCUT2D eigenvalue weighted by Crippen LogP contribution is -2.04. The van der Waals surface area contributed by atoms with Crippen LogP contribution < -0.4 is 0 Å². The van der Waals surface area contributed by atoms with Gasteiger partial charge in [0.1, 0.15) is 0 Å². The number of hydrogen-bond donors (Lipinski definition) is 1. The van der Waals surface area contributed by atoms with Crippen LogP contribution in [0.4, 0.5) is 0 Å². The smallest absolute Gasteiger partial charge is 0.269 e. The summed E-state index contributed by atoms with van der Waals surface area (Å²) in [7, 11) is -3.94. The van der Waals surface area contributed by atoms with Crippen molar-refractivity contribution in [3.63, 3.8) is 0 Å². The zero-order valence-electron chi connectivity index (χ0n) is 14.9. The summed E-state index contributed by atoms with van der Waals surface area (Å²) in [5.41, 5.74) is 0.437. The lowest BCUT2D eigenvalue weighted by atomic mass is 10.0. The van der Waals surface area contributed by atoms with E-state index in [0.29, 0.717) is 5.57 Å². The van der Waals surface area contributed by atoms with Crippen molar-refractivity contribution < 1.29 is 13.0 Å². The minimum atomic E-state index is -3.94. The van der Waals surface area contributed by atoms with Gasteiger partial charge in [-0.25, -0.2) is 0 Å². The Kier molecular flexibility index (Phi) is 14.6. The van der Waals surface area contributed by atoms with Gasteiger partial charge in [0.15, 0.2) is 0 Å². The molecule has 0 atom stereocenters. The third-order valence-electron chi connectivity index (χ3n) is 3.95. The molecular formula is C19H36O3S. The van der Waals surface area contributed by atoms with Crippen LogP contribution in [0.1, 0.15) is 90.4 Å². The maximum Gasteiger partial charge on any atom is 0.269 e. The quantitative estimate of drug-likeness (QED) is 0.210. The first kappa shape index (κ1) is 22.4. The predicted molar refractivity (Wildman–Crippen MR) is 100 cm³/mol. The lowest BCUT2D eigenvalue weighted by molar-refractivity contribution is 0.486. The van der Waals surface area contributed by atoms with Crippen LogP contribution >= 0.6 is 0 Å². The molecule has 0 aromatic heterocycles. The molecule has 0 radical (unpaired) electrons. The molecule has 0 bridgehead atoms. The van der Waals surface area contributed by atoms with Gasteiger partial charge in [0.2, 0.25) is 0 Å². The summed E-state index contributed by atoms with van der Waals surface area (Å²) in [5.74, 6) is -0.373. The zero-order chi connectivity index (χ0) is 17.4. The van der Waals surface area contributed by atoms with Crippen molar-refractivity contribution in [3.05, 3.63) is 24.3 Å². The number of unbranched alkanes of at least 4 members (excludes halogenated alkanes) is 12. The van der Waals surface area contributed by atoms with Gasteiger partial charge >= 0.3 is 0 Å². The normalized spacial score (nSPS) is 12.1. The molecule has 0 fully saturated rings. The highest BCUT2D eigenvalue weighted by Crippen LogP contribution is 2.12. The molecule has 0 heterocycles. The van der Waals surface area contributed by atoms with Crippen molar-refractivity contribution >= 4 is 10.1 Å². The SMILES string of the molecule is C=C(C=CCCCCCCCCCCCCCC)CS(=O)(=O)O. The topological polar surface area (TPSA) is 54.4 Å². The first-order chi connectivity index (χ1) is 11.0. The van der Waals surface area contributed by atoms with Gasteiger partial charge in [-0.15, -0.1) is 0 Å². The van der Waals surface area contributed by atoms with Gasteiger partial charge in [-0.2, -0.15) is 8.42 Å². The fourth-order valence-electron chi connectivity index (χ4n) is 2.64. The van der Waals surface area contributed by atoms with E-state index >= 15 is 0 Å². The zero-order valence-corrected chi connectivity index (χ0v) is 15.7. The van der Waals surface area contributed by atoms with E-state index < -0.39 is 10.1 Å². The molecule has 0 unspecified atom stereocenters. The first-order valence-electron chi connectivity index (χ1n) is 9.25. The second-order valence-electron chi connectivity index (χ2n) is 6.46. The van der Waals surface area contributed by atoms with Crippen LogP contribution in [-0.4, -0.2) is 18.7 Å². The van der Waals surface area contributed by atoms with Crippen LogP contribution in [0.3, 0.4) is 0 Å². The largest absolute Gasteiger partial charge is 0.285 e. The lowest BCUT2D eigenvalue weighted by Gasteiger charge is -2.02. The summed E-state index contributed by atoms with van der Waals surface area (Å²) in [6.45, 7) is 5.87. The van der Waals surface area contributed by atoms with Crippen molar-refractivity contribution in [1.82, 2.24) is 0 Å². The number of allylic oxidation sites excluding steroid dienone is 2. The molecule has 4 heteroatoms. The molecular weight excluding hydrogens is 308 g/mol. The van der Waals surface area contributed by atoms with Crippen molar-refractivity contribution in [2.24, 2.45) is 0 Å². The molecule has 0 saturated heterocycles. The van der Waals surface area contributed by atoms with E-state index in [1.165, 1.54) is 70.6 Å². The van der Waals surface area contributed by atoms with E-state index in [0.717, 1.165) is 12.8 Å². The van der Waals surface area contributed by atoms with Gasteiger partial charge < -0.3 is 0 Å². The summed E-state index contributed by atoms with van der Waals surface area (Å²) in [4.78, 5) is 0. The van der Waals surface area contributed by atoms with Crippen LogP contribution in [-0.2, 0) is 10.1 Å². The Morgan fingerprint density at radius 3 is 1.74 bits per heavy atom. The van der Waals surface area contributed by atoms with Gasteiger partial charge in [0.25, 0.3) is 10.1 Å². The van der Waals surface area contributed by atoms with Gasteiger partial charge in [0, 0.05) is 0 Å². The highest BCUT2D eigenvalue weighted by atomic mass is 32.2. The highest BCUT2D eigenvalue weighted by Gasteiger charge is 2.04. The van der Waals surface area contributed by atoms with E-state index in [1.807, 2.05) is 6.08 Å². The van der Waals surface area contributed by atoms with Crippen LogP contribution in [0, 0.1) is 0 Å². The Labute approximate surface area is 144 Å². The Hall–Kier alpha value is -0.610. The van der Waals surface area contributed by atoms with E-state index in [9.17, 15) is 8.42 Å². The molecule has 0 amide bonds. The minimum Gasteiger partial charge on any atom is -0.285 e. The fraction of sp³-hybridized carbons (Fsp3) is 0.789. The van der Waals surface area contributed by atoms with Crippen molar-refractivity contribution in [3.8, 4) is 0 Å². The standard InChI is InChI=1S/C19H36O3S/c1-3-4-5-6-7-8-9-10-11-12-13-14-15-16-17-19(2)18-23(20,21)22/h16-17H,2-15,18H2,1H3,(H,20,21,22). The summed E-state index contributed by atoms with van der Waals surface area (Å²) in [6, 6.07) is 0. The van der Waals surface area contributed by atoms with Crippen LogP contribution in [0.15, 0.2) is 24.3 Å². The molecule has 0 aliphatic rings. The molecule has 23 heavy (non-hydrogen) atoms. The monoisotopic (exact) mass is 344 g/mol. The summed E-state index contributed by atoms with van der Waals surface area (Å²) >= 11 is 0. The third-order valence-corrected chi connectivity index (χ3v) is 4.68. The minimum absolute atomic E-state index is 0.373. The molecule has 0 rings (SSSR count). The molecule has 136 valence electrons. The fourth-order valence-corrected chi connectivity index (χ4v) is 3.20. The van der Waals surface area contributed by atoms with E-state index in [2.05, 4.69) is 13.5 Å². The van der Waals surface area contributed by atoms with Crippen LogP contribution in [0.2, 0.25) is 0 Å². The van der Waals surface area contributed by atoms with Crippen molar-refractivity contribution in [1.29, 1.82) is 0 Å². The Balaban J connectivity index is 3.29. The second-order valence-corrected chi connectivity index (χ2v) is 7.92. The van der Waals surface area contributed by atoms with Crippen LogP contribution in [0.5, 0.6) is 0 Å². The molecule has 0 aromatic carbocycles. The molecule has 0 saturated carbocycles. The van der Waals surface area contributed by atoms with Gasteiger partial charge in [0.05, 0.1) is 5.75 Å². The van der Waals surface area contributed by atoms with Crippen LogP contribution in [0.25, 0.3) is 0 Å². The number of hydrogen-bond acceptors (Lipinski definition) is 2. The summed E-state index contributed by atoms with van der Waals surface area (Å²) in [6.07, 6.45) is 20.6. The van der Waals surface area contributed by atoms with Gasteiger partial charge in [-0.3, -0.25) is 4.55 Å². The first-order valence-corrected chi connectivity index (χ1v) is 10.9.